The Bertz CT molecular complexity index is 1720. The number of fused-ring (bicyclic) bond motifs is 1. The quantitative estimate of drug-likeness (QED) is 0.0514. The first-order valence-electron chi connectivity index (χ1n) is 13.9. The summed E-state index contributed by atoms with van der Waals surface area (Å²) in [6, 6.07) is 4.00. The summed E-state index contributed by atoms with van der Waals surface area (Å²) in [5, 5.41) is 32.9. The minimum absolute atomic E-state index is 0.0588. The number of hydrogen-bond acceptors (Lipinski definition) is 14. The highest BCUT2D eigenvalue weighted by Gasteiger charge is 2.58. The van der Waals surface area contributed by atoms with E-state index in [1.165, 1.54) is 26.2 Å². The third-order valence-corrected chi connectivity index (χ3v) is 8.90. The fourth-order valence-electron chi connectivity index (χ4n) is 5.01. The fourth-order valence-corrected chi connectivity index (χ4v) is 6.01. The number of anilines is 1. The molecule has 46 heavy (non-hydrogen) atoms. The molecular weight excluding hydrogens is 648 g/mol. The number of nitrogens with two attached hydrogens (primary N) is 1. The number of amides is 2. The molecule has 1 aromatic carbocycles. The number of aromatic nitrogens is 1. The first-order chi connectivity index (χ1) is 21.5. The number of carbonyl (C=O) groups excluding carboxylic acids is 2. The molecule has 248 valence electrons. The maximum atomic E-state index is 13.4. The van der Waals surface area contributed by atoms with Crippen molar-refractivity contribution in [3.05, 3.63) is 40.4 Å². The number of nitrogens with one attached hydrogen (secondary N) is 4. The van der Waals surface area contributed by atoms with Crippen molar-refractivity contribution in [1.29, 1.82) is 5.41 Å². The van der Waals surface area contributed by atoms with E-state index in [0.717, 1.165) is 30.0 Å². The standard InChI is InChI=1S/C26H32N8O10S2/c1-25(2)19(22(36)34(25)44-46(39,40)41)32-21(35)18(15-11-45-24(28)31-15)33-43-26(3,23(37)38)17-7-5-12-8-13(4-6-16(12)42-17)20(27)30-14-9-29-10-14/h4,6,8,11,14,17,19,29H,5,7,9-10H2,1-3H3,(H2,27,30)(H2,28,31)(H,32,35)(H,37,38)(H,39,40,41)/b33-18-/t17-,19-,26+/m1/s1. The van der Waals surface area contributed by atoms with Crippen LogP contribution in [-0.4, -0.2) is 99.9 Å². The van der Waals surface area contributed by atoms with Crippen LogP contribution in [0, 0.1) is 5.41 Å². The summed E-state index contributed by atoms with van der Waals surface area (Å²) in [5.41, 5.74) is 3.03. The number of aryl methyl sites for hydroxylation is 1. The number of nitrogens with zero attached hydrogens (tertiary/aromatic N) is 3. The number of benzene rings is 1. The van der Waals surface area contributed by atoms with Crippen LogP contribution in [-0.2, 0) is 40.3 Å². The lowest BCUT2D eigenvalue weighted by Crippen LogP contribution is -2.76. The van der Waals surface area contributed by atoms with Crippen LogP contribution in [0.15, 0.2) is 28.7 Å². The van der Waals surface area contributed by atoms with Crippen molar-refractivity contribution in [1.82, 2.24) is 26.0 Å². The average Bonchev–Trinajstić information content (AvgIpc) is 3.40. The monoisotopic (exact) mass is 680 g/mol. The van der Waals surface area contributed by atoms with Gasteiger partial charge in [0.05, 0.1) is 11.6 Å². The van der Waals surface area contributed by atoms with Crippen molar-refractivity contribution in [3.63, 3.8) is 0 Å². The Labute approximate surface area is 266 Å². The fraction of sp³-hybridized carbons (Fsp3) is 0.462. The van der Waals surface area contributed by atoms with Crippen LogP contribution in [0.5, 0.6) is 5.75 Å². The summed E-state index contributed by atoms with van der Waals surface area (Å²) < 4.78 is 41.6. The van der Waals surface area contributed by atoms with Gasteiger partial charge in [-0.2, -0.15) is 13.5 Å². The number of oxime groups is 1. The molecule has 4 heterocycles. The normalized spacial score (nSPS) is 22.3. The summed E-state index contributed by atoms with van der Waals surface area (Å²) in [4.78, 5) is 48.1. The van der Waals surface area contributed by atoms with Gasteiger partial charge in [0.1, 0.15) is 23.3 Å². The number of aliphatic carboxylic acids is 1. The summed E-state index contributed by atoms with van der Waals surface area (Å²) >= 11 is 0.963. The number of nitrogen functional groups attached to an aromatic ring is 1. The van der Waals surface area contributed by atoms with E-state index in [4.69, 9.17) is 25.3 Å². The van der Waals surface area contributed by atoms with E-state index in [-0.39, 0.29) is 29.1 Å². The lowest BCUT2D eigenvalue weighted by Gasteiger charge is -2.50. The minimum Gasteiger partial charge on any atom is -0.485 e. The van der Waals surface area contributed by atoms with Gasteiger partial charge in [0.2, 0.25) is 0 Å². The predicted octanol–water partition coefficient (Wildman–Crippen LogP) is -0.590. The summed E-state index contributed by atoms with van der Waals surface area (Å²) in [6.07, 6.45) is -0.463. The Morgan fingerprint density at radius 2 is 2.04 bits per heavy atom. The molecule has 20 heteroatoms. The molecule has 0 saturated carbocycles. The second-order valence-electron chi connectivity index (χ2n) is 11.6. The van der Waals surface area contributed by atoms with Crippen LogP contribution in [0.1, 0.15) is 44.0 Å². The second-order valence-corrected chi connectivity index (χ2v) is 13.4. The number of rotatable bonds is 11. The Kier molecular flexibility index (Phi) is 8.68. The van der Waals surface area contributed by atoms with Crippen molar-refractivity contribution >= 4 is 56.2 Å². The zero-order valence-corrected chi connectivity index (χ0v) is 26.4. The minimum atomic E-state index is -5.02. The van der Waals surface area contributed by atoms with Gasteiger partial charge < -0.3 is 36.4 Å². The molecule has 0 bridgehead atoms. The maximum absolute atomic E-state index is 13.4. The number of hydroxylamine groups is 2. The second kappa shape index (κ2) is 12.1. The van der Waals surface area contributed by atoms with Gasteiger partial charge in [-0.25, -0.2) is 9.78 Å². The maximum Gasteiger partial charge on any atom is 0.418 e. The van der Waals surface area contributed by atoms with E-state index in [9.17, 15) is 27.9 Å². The zero-order valence-electron chi connectivity index (χ0n) is 24.8. The van der Waals surface area contributed by atoms with E-state index in [1.54, 1.807) is 12.1 Å². The molecule has 3 aliphatic heterocycles. The number of β-lactam (4-membered cyclic amide) rings is 1. The SMILES string of the molecule is CC1(C)[C@H](NC(=O)/C(=N\O[C@](C)(C(=O)O)[C@H]2CCc3cc(C(=N)NC4CNC4)ccc3O2)c2csc(N)n2)C(=O)N1OS(=O)(=O)O. The van der Waals surface area contributed by atoms with E-state index in [0.29, 0.717) is 22.8 Å². The van der Waals surface area contributed by atoms with Gasteiger partial charge in [0.25, 0.3) is 17.4 Å². The molecule has 0 unspecified atom stereocenters. The molecule has 2 fully saturated rings. The van der Waals surface area contributed by atoms with Gasteiger partial charge in [-0.3, -0.25) is 19.6 Å². The van der Waals surface area contributed by atoms with E-state index in [1.807, 2.05) is 6.07 Å². The first-order valence-corrected chi connectivity index (χ1v) is 16.1. The lowest BCUT2D eigenvalue weighted by atomic mass is 9.84. The van der Waals surface area contributed by atoms with Crippen molar-refractivity contribution in [2.75, 3.05) is 18.8 Å². The van der Waals surface area contributed by atoms with Gasteiger partial charge in [-0.1, -0.05) is 5.16 Å². The average molecular weight is 681 g/mol. The Morgan fingerprint density at radius 3 is 2.61 bits per heavy atom. The Balaban J connectivity index is 1.35. The predicted molar refractivity (Wildman–Crippen MR) is 161 cm³/mol. The summed E-state index contributed by atoms with van der Waals surface area (Å²) in [7, 11) is -5.02. The van der Waals surface area contributed by atoms with E-state index in [2.05, 4.69) is 30.4 Å². The molecule has 2 aromatic rings. The largest absolute Gasteiger partial charge is 0.485 e. The summed E-state index contributed by atoms with van der Waals surface area (Å²) in [6.45, 7) is 5.52. The van der Waals surface area contributed by atoms with Crippen LogP contribution in [0.3, 0.4) is 0 Å². The lowest BCUT2D eigenvalue weighted by molar-refractivity contribution is -0.218. The number of hydrogen-bond donors (Lipinski definition) is 7. The molecule has 5 rings (SSSR count). The van der Waals surface area contributed by atoms with Crippen LogP contribution >= 0.6 is 11.3 Å². The van der Waals surface area contributed by atoms with Crippen molar-refractivity contribution in [2.45, 2.75) is 62.9 Å². The first kappa shape index (κ1) is 33.0. The van der Waals surface area contributed by atoms with Gasteiger partial charge in [-0.15, -0.1) is 15.6 Å². The molecule has 1 aromatic heterocycles. The highest BCUT2D eigenvalue weighted by molar-refractivity contribution is 7.80. The van der Waals surface area contributed by atoms with Crippen LogP contribution in [0.2, 0.25) is 0 Å². The molecule has 18 nitrogen and oxygen atoms in total. The van der Waals surface area contributed by atoms with Gasteiger partial charge >= 0.3 is 16.4 Å². The highest BCUT2D eigenvalue weighted by atomic mass is 32.3. The molecule has 3 aliphatic rings. The number of carboxylic acid groups (broad SMARTS) is 1. The molecule has 0 radical (unpaired) electrons. The smallest absolute Gasteiger partial charge is 0.418 e. The molecule has 2 saturated heterocycles. The number of ether oxygens (including phenoxy) is 1. The van der Waals surface area contributed by atoms with Crippen molar-refractivity contribution in [2.24, 2.45) is 5.16 Å². The number of thiazole rings is 1. The zero-order chi connectivity index (χ0) is 33.6. The molecule has 0 spiro atoms. The Morgan fingerprint density at radius 1 is 1.33 bits per heavy atom. The molecule has 8 N–H and O–H groups in total. The molecule has 3 atom stereocenters. The van der Waals surface area contributed by atoms with Crippen LogP contribution < -0.4 is 26.4 Å². The van der Waals surface area contributed by atoms with Gasteiger partial charge in [0, 0.05) is 24.0 Å². The summed E-state index contributed by atoms with van der Waals surface area (Å²) in [5.74, 6) is -2.78. The van der Waals surface area contributed by atoms with Crippen molar-refractivity contribution < 1.29 is 46.3 Å². The number of carboxylic acids is 1. The molecule has 2 amide bonds. The highest BCUT2D eigenvalue weighted by Crippen LogP contribution is 2.35. The molecule has 0 aliphatic carbocycles. The van der Waals surface area contributed by atoms with Crippen LogP contribution in [0.4, 0.5) is 5.13 Å². The van der Waals surface area contributed by atoms with Gasteiger partial charge in [0.15, 0.2) is 16.9 Å². The molecular formula is C26H32N8O10S2. The number of amidine groups is 1. The van der Waals surface area contributed by atoms with Gasteiger partial charge in [-0.05, 0) is 57.4 Å². The van der Waals surface area contributed by atoms with E-state index >= 15 is 0 Å². The van der Waals surface area contributed by atoms with Crippen molar-refractivity contribution in [3.8, 4) is 5.75 Å². The third-order valence-electron chi connectivity index (χ3n) is 7.89. The topological polar surface area (TPSA) is 268 Å². The Hall–Kier alpha value is -4.37. The van der Waals surface area contributed by atoms with E-state index < -0.39 is 57.2 Å². The van der Waals surface area contributed by atoms with Crippen LogP contribution in [0.25, 0.3) is 0 Å². The number of carbonyl (C=O) groups is 3. The third kappa shape index (κ3) is 6.47.